The van der Waals surface area contributed by atoms with Crippen molar-refractivity contribution in [1.82, 2.24) is 19.7 Å². The van der Waals surface area contributed by atoms with Crippen LogP contribution in [0.15, 0.2) is 10.7 Å². The standard InChI is InChI=1S/C12H19N5S2/c1-3-5-17-11(7-13)15-16-12(17)18-6-4-10-9(2)14-8-19-10/h8H,3-7,13H2,1-2H3. The maximum atomic E-state index is 5.68. The quantitative estimate of drug-likeness (QED) is 0.794. The minimum Gasteiger partial charge on any atom is -0.324 e. The Hall–Kier alpha value is -0.920. The molecule has 0 aliphatic heterocycles. The average molecular weight is 297 g/mol. The van der Waals surface area contributed by atoms with Crippen LogP contribution in [0.5, 0.6) is 0 Å². The van der Waals surface area contributed by atoms with Crippen LogP contribution < -0.4 is 5.73 Å². The van der Waals surface area contributed by atoms with Gasteiger partial charge in [0.2, 0.25) is 0 Å². The van der Waals surface area contributed by atoms with Crippen molar-refractivity contribution in [2.45, 2.75) is 44.9 Å². The molecule has 0 amide bonds. The summed E-state index contributed by atoms with van der Waals surface area (Å²) in [6, 6.07) is 0. The summed E-state index contributed by atoms with van der Waals surface area (Å²) < 4.78 is 2.13. The van der Waals surface area contributed by atoms with Crippen molar-refractivity contribution in [3.8, 4) is 0 Å². The third kappa shape index (κ3) is 3.55. The third-order valence-electron chi connectivity index (χ3n) is 2.83. The van der Waals surface area contributed by atoms with E-state index in [0.29, 0.717) is 6.54 Å². The zero-order valence-electron chi connectivity index (χ0n) is 11.3. The summed E-state index contributed by atoms with van der Waals surface area (Å²) >= 11 is 3.46. The fraction of sp³-hybridized carbons (Fsp3) is 0.583. The van der Waals surface area contributed by atoms with Gasteiger partial charge in [-0.25, -0.2) is 4.98 Å². The Labute approximate surface area is 121 Å². The van der Waals surface area contributed by atoms with Crippen molar-refractivity contribution in [2.75, 3.05) is 5.75 Å². The van der Waals surface area contributed by atoms with Crippen molar-refractivity contribution in [3.05, 3.63) is 21.9 Å². The minimum absolute atomic E-state index is 0.446. The molecule has 0 fully saturated rings. The van der Waals surface area contributed by atoms with E-state index in [4.69, 9.17) is 5.73 Å². The highest BCUT2D eigenvalue weighted by Crippen LogP contribution is 2.21. The number of nitrogens with zero attached hydrogens (tertiary/aromatic N) is 4. The average Bonchev–Trinajstić information content (AvgIpc) is 2.98. The van der Waals surface area contributed by atoms with Gasteiger partial charge in [-0.15, -0.1) is 21.5 Å². The first-order chi connectivity index (χ1) is 9.26. The number of thioether (sulfide) groups is 1. The predicted octanol–water partition coefficient (Wildman–Crippen LogP) is 2.25. The highest BCUT2D eigenvalue weighted by molar-refractivity contribution is 7.99. The van der Waals surface area contributed by atoms with Crippen LogP contribution in [0.1, 0.15) is 29.7 Å². The minimum atomic E-state index is 0.446. The first kappa shape index (κ1) is 14.5. The SMILES string of the molecule is CCCn1c(CN)nnc1SCCc1scnc1C. The van der Waals surface area contributed by atoms with Crippen LogP contribution in [-0.2, 0) is 19.5 Å². The topological polar surface area (TPSA) is 69.6 Å². The van der Waals surface area contributed by atoms with Gasteiger partial charge in [-0.1, -0.05) is 18.7 Å². The van der Waals surface area contributed by atoms with E-state index in [1.165, 1.54) is 4.88 Å². The summed E-state index contributed by atoms with van der Waals surface area (Å²) in [5, 5.41) is 9.35. The molecule has 0 bridgehead atoms. The highest BCUT2D eigenvalue weighted by atomic mass is 32.2. The van der Waals surface area contributed by atoms with E-state index in [0.717, 1.165) is 41.8 Å². The summed E-state index contributed by atoms with van der Waals surface area (Å²) in [6.07, 6.45) is 2.09. The lowest BCUT2D eigenvalue weighted by Crippen LogP contribution is -2.09. The van der Waals surface area contributed by atoms with Crippen molar-refractivity contribution in [2.24, 2.45) is 5.73 Å². The van der Waals surface area contributed by atoms with Gasteiger partial charge in [-0.3, -0.25) is 0 Å². The van der Waals surface area contributed by atoms with Crippen molar-refractivity contribution in [1.29, 1.82) is 0 Å². The van der Waals surface area contributed by atoms with E-state index in [9.17, 15) is 0 Å². The Bertz CT molecular complexity index is 520. The van der Waals surface area contributed by atoms with Gasteiger partial charge in [0.15, 0.2) is 5.16 Å². The Morgan fingerprint density at radius 3 is 2.89 bits per heavy atom. The number of aromatic nitrogens is 4. The van der Waals surface area contributed by atoms with Crippen molar-refractivity contribution in [3.63, 3.8) is 0 Å². The molecule has 0 saturated heterocycles. The van der Waals surface area contributed by atoms with Crippen LogP contribution in [0.4, 0.5) is 0 Å². The van der Waals surface area contributed by atoms with E-state index in [1.807, 2.05) is 5.51 Å². The van der Waals surface area contributed by atoms with Crippen LogP contribution in [0.3, 0.4) is 0 Å². The second-order valence-electron chi connectivity index (χ2n) is 4.21. The van der Waals surface area contributed by atoms with Crippen LogP contribution in [0.25, 0.3) is 0 Å². The van der Waals surface area contributed by atoms with Gasteiger partial charge in [0.1, 0.15) is 5.82 Å². The van der Waals surface area contributed by atoms with Gasteiger partial charge >= 0.3 is 0 Å². The molecule has 0 aliphatic rings. The van der Waals surface area contributed by atoms with Crippen molar-refractivity contribution >= 4 is 23.1 Å². The van der Waals surface area contributed by atoms with Gasteiger partial charge in [-0.05, 0) is 19.8 Å². The zero-order valence-corrected chi connectivity index (χ0v) is 12.9. The monoisotopic (exact) mass is 297 g/mol. The molecule has 2 rings (SSSR count). The lowest BCUT2D eigenvalue weighted by molar-refractivity contribution is 0.592. The molecular weight excluding hydrogens is 278 g/mol. The molecule has 0 aliphatic carbocycles. The molecule has 2 aromatic rings. The second-order valence-corrected chi connectivity index (χ2v) is 6.22. The smallest absolute Gasteiger partial charge is 0.191 e. The molecular formula is C12H19N5S2. The van der Waals surface area contributed by atoms with Crippen LogP contribution >= 0.6 is 23.1 Å². The molecule has 0 aromatic carbocycles. The molecule has 0 unspecified atom stereocenters. The van der Waals surface area contributed by atoms with Gasteiger partial charge in [-0.2, -0.15) is 0 Å². The van der Waals surface area contributed by atoms with Crippen LogP contribution in [0.2, 0.25) is 0 Å². The largest absolute Gasteiger partial charge is 0.324 e. The molecule has 2 aromatic heterocycles. The number of hydrogen-bond acceptors (Lipinski definition) is 6. The third-order valence-corrected chi connectivity index (χ3v) is 4.79. The molecule has 0 radical (unpaired) electrons. The summed E-state index contributed by atoms with van der Waals surface area (Å²) in [5.74, 6) is 1.87. The van der Waals surface area contributed by atoms with Crippen LogP contribution in [-0.4, -0.2) is 25.5 Å². The van der Waals surface area contributed by atoms with Gasteiger partial charge in [0, 0.05) is 17.2 Å². The van der Waals surface area contributed by atoms with E-state index in [1.54, 1.807) is 23.1 Å². The Kier molecular flexibility index (Phi) is 5.35. The molecule has 0 saturated carbocycles. The Balaban J connectivity index is 1.95. The predicted molar refractivity (Wildman–Crippen MR) is 79.5 cm³/mol. The molecule has 2 heterocycles. The molecule has 0 spiro atoms. The van der Waals surface area contributed by atoms with Crippen LogP contribution in [0, 0.1) is 6.92 Å². The van der Waals surface area contributed by atoms with Crippen molar-refractivity contribution < 1.29 is 0 Å². The maximum absolute atomic E-state index is 5.68. The maximum Gasteiger partial charge on any atom is 0.191 e. The van der Waals surface area contributed by atoms with E-state index in [2.05, 4.69) is 33.6 Å². The summed E-state index contributed by atoms with van der Waals surface area (Å²) in [5.41, 5.74) is 8.73. The zero-order chi connectivity index (χ0) is 13.7. The fourth-order valence-electron chi connectivity index (χ4n) is 1.83. The number of nitrogens with two attached hydrogens (primary N) is 1. The summed E-state index contributed by atoms with van der Waals surface area (Å²) in [6.45, 7) is 5.58. The van der Waals surface area contributed by atoms with E-state index < -0.39 is 0 Å². The van der Waals surface area contributed by atoms with E-state index >= 15 is 0 Å². The Morgan fingerprint density at radius 1 is 1.42 bits per heavy atom. The van der Waals surface area contributed by atoms with Gasteiger partial charge in [0.05, 0.1) is 17.7 Å². The molecule has 5 nitrogen and oxygen atoms in total. The summed E-state index contributed by atoms with van der Waals surface area (Å²) in [7, 11) is 0. The lowest BCUT2D eigenvalue weighted by Gasteiger charge is -2.07. The summed E-state index contributed by atoms with van der Waals surface area (Å²) in [4.78, 5) is 5.62. The molecule has 0 atom stereocenters. The first-order valence-electron chi connectivity index (χ1n) is 6.40. The molecule has 19 heavy (non-hydrogen) atoms. The molecule has 2 N–H and O–H groups in total. The Morgan fingerprint density at radius 2 is 2.26 bits per heavy atom. The normalized spacial score (nSPS) is 11.1. The first-order valence-corrected chi connectivity index (χ1v) is 8.26. The fourth-order valence-corrected chi connectivity index (χ4v) is 3.68. The lowest BCUT2D eigenvalue weighted by atomic mass is 10.3. The number of rotatable bonds is 7. The van der Waals surface area contributed by atoms with Gasteiger partial charge < -0.3 is 10.3 Å². The molecule has 7 heteroatoms. The number of thiazole rings is 1. The van der Waals surface area contributed by atoms with Gasteiger partial charge in [0.25, 0.3) is 0 Å². The van der Waals surface area contributed by atoms with E-state index in [-0.39, 0.29) is 0 Å². The number of aryl methyl sites for hydroxylation is 2. The second kappa shape index (κ2) is 7.02. The number of hydrogen-bond donors (Lipinski definition) is 1. The highest BCUT2D eigenvalue weighted by Gasteiger charge is 2.11. The molecule has 104 valence electrons.